The van der Waals surface area contributed by atoms with Gasteiger partial charge in [-0.2, -0.15) is 5.26 Å². The molecule has 3 rings (SSSR count). The van der Waals surface area contributed by atoms with E-state index in [1.165, 1.54) is 6.07 Å². The summed E-state index contributed by atoms with van der Waals surface area (Å²) in [6, 6.07) is 6.60. The monoisotopic (exact) mass is 328 g/mol. The zero-order chi connectivity index (χ0) is 17.5. The van der Waals surface area contributed by atoms with Gasteiger partial charge in [0.15, 0.2) is 0 Å². The van der Waals surface area contributed by atoms with Gasteiger partial charge in [0.25, 0.3) is 0 Å². The second-order valence-electron chi connectivity index (χ2n) is 7.39. The number of fused-ring (bicyclic) bond motifs is 2. The average molecular weight is 328 g/mol. The Bertz CT molecular complexity index is 743. The van der Waals surface area contributed by atoms with Gasteiger partial charge in [0, 0.05) is 6.04 Å². The highest BCUT2D eigenvalue weighted by atomic mass is 19.1. The fourth-order valence-electron chi connectivity index (χ4n) is 3.45. The predicted molar refractivity (Wildman–Crippen MR) is 88.6 cm³/mol. The number of nitriles is 1. The molecule has 126 valence electrons. The molecule has 2 unspecified atom stereocenters. The minimum Gasteiger partial charge on any atom is -0.444 e. The molecule has 1 aromatic carbocycles. The fraction of sp³-hybridized carbons (Fsp3) is 0.474. The molecule has 0 N–H and O–H groups in total. The van der Waals surface area contributed by atoms with Gasteiger partial charge in [0.2, 0.25) is 0 Å². The van der Waals surface area contributed by atoms with E-state index < -0.39 is 11.4 Å². The summed E-state index contributed by atoms with van der Waals surface area (Å²) in [7, 11) is 0. The molecule has 5 heteroatoms. The lowest BCUT2D eigenvalue weighted by molar-refractivity contribution is 0.0175. The van der Waals surface area contributed by atoms with Crippen molar-refractivity contribution >= 4 is 11.7 Å². The van der Waals surface area contributed by atoms with Gasteiger partial charge in [-0.25, -0.2) is 9.18 Å². The molecular weight excluding hydrogens is 307 g/mol. The van der Waals surface area contributed by atoms with Crippen molar-refractivity contribution in [1.82, 2.24) is 4.90 Å². The van der Waals surface area contributed by atoms with Crippen molar-refractivity contribution in [2.24, 2.45) is 0 Å². The molecule has 2 aliphatic rings. The van der Waals surface area contributed by atoms with E-state index in [1.54, 1.807) is 12.1 Å². The molecule has 0 spiro atoms. The van der Waals surface area contributed by atoms with Crippen LogP contribution in [0.3, 0.4) is 0 Å². The molecule has 0 saturated carbocycles. The van der Waals surface area contributed by atoms with Crippen molar-refractivity contribution in [3.63, 3.8) is 0 Å². The normalized spacial score (nSPS) is 22.8. The maximum Gasteiger partial charge on any atom is 0.411 e. The molecule has 4 nitrogen and oxygen atoms in total. The lowest BCUT2D eigenvalue weighted by atomic mass is 9.94. The Hall–Kier alpha value is -2.35. The summed E-state index contributed by atoms with van der Waals surface area (Å²) in [4.78, 5) is 14.3. The molecule has 1 fully saturated rings. The summed E-state index contributed by atoms with van der Waals surface area (Å²) >= 11 is 0. The van der Waals surface area contributed by atoms with Crippen LogP contribution in [0.4, 0.5) is 9.18 Å². The minimum atomic E-state index is -0.515. The van der Waals surface area contributed by atoms with Crippen LogP contribution >= 0.6 is 0 Å². The Kier molecular flexibility index (Phi) is 4.08. The van der Waals surface area contributed by atoms with E-state index in [0.717, 1.165) is 24.0 Å². The van der Waals surface area contributed by atoms with Crippen molar-refractivity contribution < 1.29 is 13.9 Å². The first-order valence-corrected chi connectivity index (χ1v) is 8.20. The molecule has 1 amide bonds. The van der Waals surface area contributed by atoms with Crippen LogP contribution in [-0.2, 0) is 4.74 Å². The molecule has 0 aliphatic carbocycles. The van der Waals surface area contributed by atoms with Crippen molar-refractivity contribution in [1.29, 1.82) is 5.26 Å². The Labute approximate surface area is 141 Å². The number of carbonyl (C=O) groups is 1. The van der Waals surface area contributed by atoms with Crippen LogP contribution in [0, 0.1) is 17.1 Å². The summed E-state index contributed by atoms with van der Waals surface area (Å²) in [6.07, 6.45) is 4.31. The number of hydrogen-bond acceptors (Lipinski definition) is 3. The first-order valence-electron chi connectivity index (χ1n) is 8.20. The summed E-state index contributed by atoms with van der Waals surface area (Å²) in [5.74, 6) is -0.504. The number of hydrogen-bond donors (Lipinski definition) is 0. The smallest absolute Gasteiger partial charge is 0.411 e. The van der Waals surface area contributed by atoms with E-state index in [-0.39, 0.29) is 23.7 Å². The highest BCUT2D eigenvalue weighted by Gasteiger charge is 2.41. The maximum atomic E-state index is 13.5. The molecule has 24 heavy (non-hydrogen) atoms. The number of halogens is 1. The first kappa shape index (κ1) is 16.5. The first-order chi connectivity index (χ1) is 11.3. The van der Waals surface area contributed by atoms with Crippen molar-refractivity contribution in [3.8, 4) is 6.07 Å². The number of benzene rings is 1. The van der Waals surface area contributed by atoms with Crippen molar-refractivity contribution in [3.05, 3.63) is 41.2 Å². The van der Waals surface area contributed by atoms with Gasteiger partial charge < -0.3 is 4.74 Å². The van der Waals surface area contributed by atoms with E-state index >= 15 is 0 Å². The minimum absolute atomic E-state index is 0.00388. The van der Waals surface area contributed by atoms with E-state index in [0.29, 0.717) is 6.42 Å². The lowest BCUT2D eigenvalue weighted by Crippen LogP contribution is -2.45. The second-order valence-corrected chi connectivity index (χ2v) is 7.39. The van der Waals surface area contributed by atoms with Crippen LogP contribution in [-0.4, -0.2) is 28.7 Å². The Balaban J connectivity index is 1.85. The molecule has 1 saturated heterocycles. The van der Waals surface area contributed by atoms with Crippen LogP contribution < -0.4 is 0 Å². The Morgan fingerprint density at radius 2 is 2.12 bits per heavy atom. The molecule has 0 aromatic heterocycles. The van der Waals surface area contributed by atoms with E-state index in [9.17, 15) is 9.18 Å². The van der Waals surface area contributed by atoms with Gasteiger partial charge in [0.05, 0.1) is 11.6 Å². The largest absolute Gasteiger partial charge is 0.444 e. The number of carbonyl (C=O) groups excluding carboxylic acids is 1. The molecule has 2 bridgehead atoms. The highest BCUT2D eigenvalue weighted by molar-refractivity contribution is 5.75. The summed E-state index contributed by atoms with van der Waals surface area (Å²) in [5, 5.41) is 9.00. The van der Waals surface area contributed by atoms with Crippen LogP contribution in [0.1, 0.15) is 51.2 Å². The van der Waals surface area contributed by atoms with Gasteiger partial charge in [-0.3, -0.25) is 4.90 Å². The number of nitrogens with zero attached hydrogens (tertiary/aromatic N) is 2. The van der Waals surface area contributed by atoms with Gasteiger partial charge in [0.1, 0.15) is 17.5 Å². The zero-order valence-electron chi connectivity index (χ0n) is 14.2. The standard InChI is InChI=1S/C19H21FN2O2/c1-19(2,3)24-18(23)22-15-5-6-16(22)10-13(9-15)12-4-7-17(20)14(8-12)11-21/h4,7-9,15-16H,5-6,10H2,1-3H3. The molecule has 0 radical (unpaired) electrons. The molecule has 2 atom stereocenters. The third kappa shape index (κ3) is 3.14. The maximum absolute atomic E-state index is 13.5. The zero-order valence-corrected chi connectivity index (χ0v) is 14.2. The van der Waals surface area contributed by atoms with Crippen LogP contribution in [0.25, 0.3) is 5.57 Å². The molecule has 1 aromatic rings. The summed E-state index contributed by atoms with van der Waals surface area (Å²) in [5.41, 5.74) is 1.46. The highest BCUT2D eigenvalue weighted by Crippen LogP contribution is 2.39. The number of amides is 1. The topological polar surface area (TPSA) is 53.3 Å². The number of ether oxygens (including phenoxy) is 1. The van der Waals surface area contributed by atoms with Crippen molar-refractivity contribution in [2.75, 3.05) is 0 Å². The van der Waals surface area contributed by atoms with Crippen LogP contribution in [0.2, 0.25) is 0 Å². The van der Waals surface area contributed by atoms with E-state index in [4.69, 9.17) is 10.00 Å². The summed E-state index contributed by atoms with van der Waals surface area (Å²) < 4.78 is 19.0. The van der Waals surface area contributed by atoms with E-state index in [2.05, 4.69) is 6.08 Å². The van der Waals surface area contributed by atoms with Gasteiger partial charge in [-0.05, 0) is 63.3 Å². The van der Waals surface area contributed by atoms with Crippen LogP contribution in [0.15, 0.2) is 24.3 Å². The third-order valence-electron chi connectivity index (χ3n) is 4.46. The molecule has 2 heterocycles. The average Bonchev–Trinajstić information content (AvgIpc) is 2.77. The predicted octanol–water partition coefficient (Wildman–Crippen LogP) is 4.25. The second kappa shape index (κ2) is 5.94. The van der Waals surface area contributed by atoms with E-state index in [1.807, 2.05) is 31.7 Å². The Morgan fingerprint density at radius 1 is 1.38 bits per heavy atom. The van der Waals surface area contributed by atoms with Gasteiger partial charge in [-0.1, -0.05) is 12.1 Å². The fourth-order valence-corrected chi connectivity index (χ4v) is 3.45. The lowest BCUT2D eigenvalue weighted by Gasteiger charge is -2.35. The molecule has 2 aliphatic heterocycles. The number of rotatable bonds is 1. The van der Waals surface area contributed by atoms with Crippen molar-refractivity contribution in [2.45, 2.75) is 57.7 Å². The SMILES string of the molecule is CC(C)(C)OC(=O)N1C2C=C(c3ccc(F)c(C#N)c3)CC1CC2. The summed E-state index contributed by atoms with van der Waals surface area (Å²) in [6.45, 7) is 5.58. The van der Waals surface area contributed by atoms with Crippen LogP contribution in [0.5, 0.6) is 0 Å². The Morgan fingerprint density at radius 3 is 2.75 bits per heavy atom. The quantitative estimate of drug-likeness (QED) is 0.774. The van der Waals surface area contributed by atoms with Gasteiger partial charge >= 0.3 is 6.09 Å². The van der Waals surface area contributed by atoms with Gasteiger partial charge in [-0.15, -0.1) is 0 Å². The third-order valence-corrected chi connectivity index (χ3v) is 4.46. The molecular formula is C19H21FN2O2.